The van der Waals surface area contributed by atoms with Crippen LogP contribution in [-0.4, -0.2) is 26.4 Å². The van der Waals surface area contributed by atoms with E-state index in [1.165, 1.54) is 12.1 Å². The van der Waals surface area contributed by atoms with Crippen molar-refractivity contribution in [2.75, 3.05) is 0 Å². The van der Waals surface area contributed by atoms with Gasteiger partial charge < -0.3 is 4.74 Å². The Hall–Kier alpha value is -2.44. The molecule has 7 heteroatoms. The second-order valence-electron chi connectivity index (χ2n) is 5.44. The number of fused-ring (bicyclic) bond motifs is 1. The lowest BCUT2D eigenvalue weighted by Crippen LogP contribution is -2.27. The molecule has 7 nitrogen and oxygen atoms in total. The number of aromatic nitrogens is 2. The zero-order valence-electron chi connectivity index (χ0n) is 13.7. The van der Waals surface area contributed by atoms with Gasteiger partial charge in [-0.1, -0.05) is 21.3 Å². The van der Waals surface area contributed by atoms with Gasteiger partial charge in [0.25, 0.3) is 5.69 Å². The first-order valence-corrected chi connectivity index (χ1v) is 7.06. The standard InChI is InChI=1S/C13H15N3O4.C2H6.CH4/c1-8-10-6-5-9(16(18)19)7-11(10)15(14-8)12(17)20-13(2,3)4;1-2;/h5-7H,1-4H3;1-2H3;1H4. The maximum absolute atomic E-state index is 12.1. The van der Waals surface area contributed by atoms with E-state index in [4.69, 9.17) is 4.74 Å². The predicted octanol–water partition coefficient (Wildman–Crippen LogP) is 4.70. The van der Waals surface area contributed by atoms with Crippen LogP contribution in [0.4, 0.5) is 10.5 Å². The number of carbonyl (C=O) groups excluding carboxylic acids is 1. The lowest BCUT2D eigenvalue weighted by molar-refractivity contribution is -0.384. The number of hydrogen-bond donors (Lipinski definition) is 0. The molecule has 1 aromatic heterocycles. The third-order valence-electron chi connectivity index (χ3n) is 2.63. The van der Waals surface area contributed by atoms with Gasteiger partial charge in [0.1, 0.15) is 5.60 Å². The van der Waals surface area contributed by atoms with Crippen LogP contribution in [0, 0.1) is 17.0 Å². The summed E-state index contributed by atoms with van der Waals surface area (Å²) >= 11 is 0. The summed E-state index contributed by atoms with van der Waals surface area (Å²) in [7, 11) is 0. The van der Waals surface area contributed by atoms with Crippen molar-refractivity contribution in [3.63, 3.8) is 0 Å². The highest BCUT2D eigenvalue weighted by Gasteiger charge is 2.22. The largest absolute Gasteiger partial charge is 0.442 e. The minimum absolute atomic E-state index is 0. The number of benzene rings is 1. The third-order valence-corrected chi connectivity index (χ3v) is 2.63. The number of ether oxygens (including phenoxy) is 1. The molecule has 0 saturated heterocycles. The first-order chi connectivity index (χ1) is 10.2. The number of carbonyl (C=O) groups is 1. The molecule has 0 saturated carbocycles. The van der Waals surface area contributed by atoms with E-state index in [9.17, 15) is 14.9 Å². The molecule has 1 heterocycles. The van der Waals surface area contributed by atoms with Crippen molar-refractivity contribution < 1.29 is 14.5 Å². The monoisotopic (exact) mass is 323 g/mol. The molecule has 0 bridgehead atoms. The van der Waals surface area contributed by atoms with Crippen molar-refractivity contribution in [2.24, 2.45) is 0 Å². The van der Waals surface area contributed by atoms with Crippen LogP contribution in [0.2, 0.25) is 0 Å². The Labute approximate surface area is 136 Å². The molecule has 2 rings (SSSR count). The highest BCUT2D eigenvalue weighted by Crippen LogP contribution is 2.24. The van der Waals surface area contributed by atoms with Gasteiger partial charge in [-0.15, -0.1) is 0 Å². The number of nitro groups is 1. The van der Waals surface area contributed by atoms with E-state index in [0.29, 0.717) is 16.6 Å². The summed E-state index contributed by atoms with van der Waals surface area (Å²) in [6, 6.07) is 4.28. The Bertz CT molecular complexity index is 699. The number of aryl methyl sites for hydroxylation is 1. The molecule has 0 aliphatic carbocycles. The van der Waals surface area contributed by atoms with Gasteiger partial charge in [0, 0.05) is 17.5 Å². The van der Waals surface area contributed by atoms with E-state index in [1.807, 2.05) is 13.8 Å². The highest BCUT2D eigenvalue weighted by molar-refractivity contribution is 5.91. The maximum Gasteiger partial charge on any atom is 0.435 e. The molecule has 2 aromatic rings. The maximum atomic E-state index is 12.1. The molecule has 0 amide bonds. The third kappa shape index (κ3) is 4.77. The number of nitrogens with zero attached hydrogens (tertiary/aromatic N) is 3. The van der Waals surface area contributed by atoms with Gasteiger partial charge >= 0.3 is 6.09 Å². The summed E-state index contributed by atoms with van der Waals surface area (Å²) in [4.78, 5) is 22.4. The Balaban J connectivity index is 0.00000155. The van der Waals surface area contributed by atoms with Crippen molar-refractivity contribution in [2.45, 2.75) is 54.6 Å². The van der Waals surface area contributed by atoms with Gasteiger partial charge in [-0.3, -0.25) is 10.1 Å². The van der Waals surface area contributed by atoms with Crippen LogP contribution < -0.4 is 0 Å². The predicted molar refractivity (Wildman–Crippen MR) is 90.8 cm³/mol. The van der Waals surface area contributed by atoms with Gasteiger partial charge in [0.2, 0.25) is 0 Å². The minimum atomic E-state index is -0.663. The number of nitro benzene ring substituents is 1. The average molecular weight is 323 g/mol. The summed E-state index contributed by atoms with van der Waals surface area (Å²) in [5.74, 6) is 0. The van der Waals surface area contributed by atoms with Gasteiger partial charge in [-0.05, 0) is 33.8 Å². The number of hydrogen-bond acceptors (Lipinski definition) is 5. The van der Waals surface area contributed by atoms with Crippen LogP contribution in [0.15, 0.2) is 18.2 Å². The van der Waals surface area contributed by atoms with Crippen LogP contribution in [-0.2, 0) is 4.74 Å². The van der Waals surface area contributed by atoms with Crippen molar-refractivity contribution in [1.82, 2.24) is 9.78 Å². The first-order valence-electron chi connectivity index (χ1n) is 7.06. The summed E-state index contributed by atoms with van der Waals surface area (Å²) in [5.41, 5.74) is 0.221. The number of rotatable bonds is 1. The van der Waals surface area contributed by atoms with Crippen molar-refractivity contribution in [1.29, 1.82) is 0 Å². The molecule has 23 heavy (non-hydrogen) atoms. The van der Waals surface area contributed by atoms with Gasteiger partial charge in [-0.25, -0.2) is 4.79 Å². The van der Waals surface area contributed by atoms with Gasteiger partial charge in [0.15, 0.2) is 0 Å². The fourth-order valence-electron chi connectivity index (χ4n) is 1.82. The topological polar surface area (TPSA) is 87.3 Å². The minimum Gasteiger partial charge on any atom is -0.442 e. The second kappa shape index (κ2) is 7.71. The average Bonchev–Trinajstić information content (AvgIpc) is 2.76. The quantitative estimate of drug-likeness (QED) is 0.560. The Kier molecular flexibility index (Phi) is 6.89. The van der Waals surface area contributed by atoms with E-state index in [1.54, 1.807) is 33.8 Å². The molecular formula is C16H25N3O4. The van der Waals surface area contributed by atoms with Gasteiger partial charge in [0.05, 0.1) is 16.1 Å². The van der Waals surface area contributed by atoms with E-state index < -0.39 is 16.6 Å². The van der Waals surface area contributed by atoms with Crippen LogP contribution in [0.1, 0.15) is 47.7 Å². The Morgan fingerprint density at radius 2 is 1.87 bits per heavy atom. The van der Waals surface area contributed by atoms with E-state index in [0.717, 1.165) is 4.68 Å². The van der Waals surface area contributed by atoms with Crippen LogP contribution in [0.3, 0.4) is 0 Å². The molecular weight excluding hydrogens is 298 g/mol. The second-order valence-corrected chi connectivity index (χ2v) is 5.44. The zero-order valence-corrected chi connectivity index (χ0v) is 13.7. The lowest BCUT2D eigenvalue weighted by Gasteiger charge is -2.19. The van der Waals surface area contributed by atoms with E-state index in [2.05, 4.69) is 5.10 Å². The van der Waals surface area contributed by atoms with E-state index in [-0.39, 0.29) is 13.1 Å². The van der Waals surface area contributed by atoms with Crippen molar-refractivity contribution >= 4 is 22.7 Å². The molecule has 1 aromatic carbocycles. The summed E-state index contributed by atoms with van der Waals surface area (Å²) in [6.45, 7) is 11.0. The summed E-state index contributed by atoms with van der Waals surface area (Å²) in [5, 5.41) is 15.6. The molecule has 0 aliphatic heterocycles. The molecule has 0 fully saturated rings. The van der Waals surface area contributed by atoms with E-state index >= 15 is 0 Å². The molecule has 0 spiro atoms. The lowest BCUT2D eigenvalue weighted by atomic mass is 10.2. The molecule has 0 atom stereocenters. The molecule has 0 N–H and O–H groups in total. The molecule has 128 valence electrons. The molecule has 0 radical (unpaired) electrons. The first kappa shape index (κ1) is 20.6. The van der Waals surface area contributed by atoms with Crippen LogP contribution in [0.25, 0.3) is 10.9 Å². The SMILES string of the molecule is C.CC.Cc1nn(C(=O)OC(C)(C)C)c2cc([N+](=O)[O-])ccc12. The van der Waals surface area contributed by atoms with Crippen LogP contribution >= 0.6 is 0 Å². The zero-order chi connectivity index (χ0) is 17.1. The molecule has 0 aliphatic rings. The number of non-ortho nitro benzene ring substituents is 1. The van der Waals surface area contributed by atoms with Crippen molar-refractivity contribution in [3.8, 4) is 0 Å². The van der Waals surface area contributed by atoms with Gasteiger partial charge in [-0.2, -0.15) is 9.78 Å². The highest BCUT2D eigenvalue weighted by atomic mass is 16.6. The Morgan fingerprint density at radius 1 is 1.30 bits per heavy atom. The summed E-state index contributed by atoms with van der Waals surface area (Å²) in [6.07, 6.45) is -0.656. The smallest absolute Gasteiger partial charge is 0.435 e. The van der Waals surface area contributed by atoms with Crippen molar-refractivity contribution in [3.05, 3.63) is 34.0 Å². The fraction of sp³-hybridized carbons (Fsp3) is 0.500. The molecule has 0 unspecified atom stereocenters. The normalized spacial score (nSPS) is 10.3. The summed E-state index contributed by atoms with van der Waals surface area (Å²) < 4.78 is 6.30. The Morgan fingerprint density at radius 3 is 2.35 bits per heavy atom. The fourth-order valence-corrected chi connectivity index (χ4v) is 1.82. The van der Waals surface area contributed by atoms with Crippen LogP contribution in [0.5, 0.6) is 0 Å².